The average Bonchev–Trinajstić information content (AvgIpc) is 3.09. The highest BCUT2D eigenvalue weighted by Gasteiger charge is 2.14. The summed E-state index contributed by atoms with van der Waals surface area (Å²) in [5, 5.41) is 17.0. The molecule has 0 unspecified atom stereocenters. The van der Waals surface area contributed by atoms with Gasteiger partial charge in [0.15, 0.2) is 0 Å². The molecule has 3 nitrogen and oxygen atoms in total. The number of hydrogen-bond donors (Lipinski definition) is 0. The fraction of sp³-hybridized carbons (Fsp3) is 0. The standard InChI is InChI=1S/C24H12N2O/c25-13-14-7-8-17-20-11-21-19(12-23(20)27-22(17)10-14)16-5-2-1-4-15(16)18-6-3-9-26-24(18)21/h1-12H. The van der Waals surface area contributed by atoms with E-state index in [2.05, 4.69) is 53.5 Å². The molecule has 0 aliphatic heterocycles. The van der Waals surface area contributed by atoms with Gasteiger partial charge in [0.05, 0.1) is 17.1 Å². The number of rotatable bonds is 0. The first-order chi connectivity index (χ1) is 13.3. The summed E-state index contributed by atoms with van der Waals surface area (Å²) < 4.78 is 6.09. The Balaban J connectivity index is 1.89. The fourth-order valence-corrected chi connectivity index (χ4v) is 4.10. The number of pyridine rings is 1. The molecule has 27 heavy (non-hydrogen) atoms. The maximum atomic E-state index is 9.16. The van der Waals surface area contributed by atoms with Gasteiger partial charge in [-0.1, -0.05) is 30.3 Å². The second-order valence-corrected chi connectivity index (χ2v) is 6.76. The minimum atomic E-state index is 0.601. The molecule has 0 N–H and O–H groups in total. The molecule has 0 amide bonds. The third-order valence-electron chi connectivity index (χ3n) is 5.31. The van der Waals surface area contributed by atoms with Gasteiger partial charge in [0, 0.05) is 27.7 Å². The maximum Gasteiger partial charge on any atom is 0.136 e. The predicted molar refractivity (Wildman–Crippen MR) is 109 cm³/mol. The lowest BCUT2D eigenvalue weighted by Crippen LogP contribution is -1.85. The van der Waals surface area contributed by atoms with Gasteiger partial charge < -0.3 is 4.42 Å². The SMILES string of the molecule is N#Cc1ccc2c(c1)oc1cc3c4ccccc4c4cccnc4c3cc12. The predicted octanol–water partition coefficient (Wildman–Crippen LogP) is 6.31. The highest BCUT2D eigenvalue weighted by Crippen LogP contribution is 2.39. The van der Waals surface area contributed by atoms with E-state index in [0.717, 1.165) is 43.6 Å². The third-order valence-corrected chi connectivity index (χ3v) is 5.31. The number of benzene rings is 4. The van der Waals surface area contributed by atoms with Crippen LogP contribution >= 0.6 is 0 Å². The Hall–Kier alpha value is -3.90. The van der Waals surface area contributed by atoms with E-state index in [0.29, 0.717) is 5.56 Å². The van der Waals surface area contributed by atoms with E-state index in [1.165, 1.54) is 10.8 Å². The molecule has 4 aromatic carbocycles. The molecule has 6 rings (SSSR count). The van der Waals surface area contributed by atoms with Gasteiger partial charge in [-0.25, -0.2) is 0 Å². The van der Waals surface area contributed by atoms with Crippen LogP contribution in [0.25, 0.3) is 54.4 Å². The van der Waals surface area contributed by atoms with Gasteiger partial charge in [0.1, 0.15) is 11.2 Å². The molecule has 0 atom stereocenters. The molecule has 0 saturated carbocycles. The van der Waals surface area contributed by atoms with Crippen molar-refractivity contribution in [3.8, 4) is 6.07 Å². The van der Waals surface area contributed by atoms with Crippen molar-refractivity contribution >= 4 is 54.4 Å². The van der Waals surface area contributed by atoms with Gasteiger partial charge in [-0.3, -0.25) is 4.98 Å². The Kier molecular flexibility index (Phi) is 2.68. The summed E-state index contributed by atoms with van der Waals surface area (Å²) in [6, 6.07) is 24.6. The molecule has 2 heterocycles. The third kappa shape index (κ3) is 1.87. The zero-order chi connectivity index (χ0) is 18.0. The van der Waals surface area contributed by atoms with Crippen molar-refractivity contribution in [3.05, 3.63) is 78.5 Å². The lowest BCUT2D eigenvalue weighted by Gasteiger charge is -2.09. The van der Waals surface area contributed by atoms with E-state index in [4.69, 9.17) is 9.68 Å². The van der Waals surface area contributed by atoms with Crippen LogP contribution in [0.3, 0.4) is 0 Å². The Morgan fingerprint density at radius 1 is 0.667 bits per heavy atom. The summed E-state index contributed by atoms with van der Waals surface area (Å²) in [6.45, 7) is 0. The minimum Gasteiger partial charge on any atom is -0.456 e. The average molecular weight is 344 g/mol. The Morgan fingerprint density at radius 2 is 1.44 bits per heavy atom. The van der Waals surface area contributed by atoms with Gasteiger partial charge in [0.2, 0.25) is 0 Å². The number of fused-ring (bicyclic) bond motifs is 9. The zero-order valence-corrected chi connectivity index (χ0v) is 14.2. The summed E-state index contributed by atoms with van der Waals surface area (Å²) in [4.78, 5) is 4.68. The minimum absolute atomic E-state index is 0.601. The van der Waals surface area contributed by atoms with E-state index in [-0.39, 0.29) is 0 Å². The summed E-state index contributed by atoms with van der Waals surface area (Å²) in [5.74, 6) is 0. The van der Waals surface area contributed by atoms with Gasteiger partial charge >= 0.3 is 0 Å². The molecule has 0 aliphatic rings. The van der Waals surface area contributed by atoms with Crippen LogP contribution in [-0.2, 0) is 0 Å². The molecular formula is C24H12N2O. The van der Waals surface area contributed by atoms with Crippen LogP contribution in [0.4, 0.5) is 0 Å². The molecule has 0 saturated heterocycles. The van der Waals surface area contributed by atoms with E-state index >= 15 is 0 Å². The zero-order valence-electron chi connectivity index (χ0n) is 14.2. The molecule has 0 bridgehead atoms. The van der Waals surface area contributed by atoms with Crippen molar-refractivity contribution in [1.29, 1.82) is 5.26 Å². The second-order valence-electron chi connectivity index (χ2n) is 6.76. The van der Waals surface area contributed by atoms with Crippen molar-refractivity contribution in [1.82, 2.24) is 4.98 Å². The maximum absolute atomic E-state index is 9.16. The van der Waals surface area contributed by atoms with Gasteiger partial charge in [-0.2, -0.15) is 5.26 Å². The Bertz CT molecular complexity index is 1590. The number of hydrogen-bond acceptors (Lipinski definition) is 3. The molecule has 0 aliphatic carbocycles. The smallest absolute Gasteiger partial charge is 0.136 e. The van der Waals surface area contributed by atoms with Gasteiger partial charge in [-0.05, 0) is 52.6 Å². The van der Waals surface area contributed by atoms with Gasteiger partial charge in [0.25, 0.3) is 0 Å². The van der Waals surface area contributed by atoms with Crippen LogP contribution in [0.5, 0.6) is 0 Å². The van der Waals surface area contributed by atoms with Crippen LogP contribution in [0.2, 0.25) is 0 Å². The first kappa shape index (κ1) is 14.3. The normalized spacial score (nSPS) is 11.7. The number of nitriles is 1. The lowest BCUT2D eigenvalue weighted by atomic mass is 9.96. The van der Waals surface area contributed by atoms with Crippen molar-refractivity contribution in [2.45, 2.75) is 0 Å². The van der Waals surface area contributed by atoms with Gasteiger partial charge in [-0.15, -0.1) is 0 Å². The van der Waals surface area contributed by atoms with Crippen LogP contribution < -0.4 is 0 Å². The number of aromatic nitrogens is 1. The Labute approximate surface area is 154 Å². The van der Waals surface area contributed by atoms with Crippen LogP contribution in [-0.4, -0.2) is 4.98 Å². The number of nitrogens with zero attached hydrogens (tertiary/aromatic N) is 2. The van der Waals surface area contributed by atoms with E-state index in [9.17, 15) is 0 Å². The van der Waals surface area contributed by atoms with Crippen molar-refractivity contribution in [2.75, 3.05) is 0 Å². The molecule has 0 spiro atoms. The highest BCUT2D eigenvalue weighted by atomic mass is 16.3. The molecule has 0 radical (unpaired) electrons. The fourth-order valence-electron chi connectivity index (χ4n) is 4.10. The van der Waals surface area contributed by atoms with E-state index in [1.807, 2.05) is 24.4 Å². The van der Waals surface area contributed by atoms with Crippen molar-refractivity contribution in [2.24, 2.45) is 0 Å². The lowest BCUT2D eigenvalue weighted by molar-refractivity contribution is 0.669. The molecule has 6 aromatic rings. The van der Waals surface area contributed by atoms with Crippen molar-refractivity contribution in [3.63, 3.8) is 0 Å². The number of furan rings is 1. The molecule has 124 valence electrons. The summed E-state index contributed by atoms with van der Waals surface area (Å²) in [7, 11) is 0. The summed E-state index contributed by atoms with van der Waals surface area (Å²) >= 11 is 0. The topological polar surface area (TPSA) is 49.8 Å². The van der Waals surface area contributed by atoms with E-state index < -0.39 is 0 Å². The summed E-state index contributed by atoms with van der Waals surface area (Å²) in [6.07, 6.45) is 1.84. The quantitative estimate of drug-likeness (QED) is 0.303. The monoisotopic (exact) mass is 344 g/mol. The molecule has 3 heteroatoms. The second kappa shape index (κ2) is 5.06. The molecule has 2 aromatic heterocycles. The van der Waals surface area contributed by atoms with Crippen LogP contribution in [0.15, 0.2) is 77.3 Å². The molecule has 0 fully saturated rings. The largest absolute Gasteiger partial charge is 0.456 e. The van der Waals surface area contributed by atoms with Crippen LogP contribution in [0.1, 0.15) is 5.56 Å². The van der Waals surface area contributed by atoms with E-state index in [1.54, 1.807) is 6.07 Å². The first-order valence-corrected chi connectivity index (χ1v) is 8.79. The van der Waals surface area contributed by atoms with Crippen molar-refractivity contribution < 1.29 is 4.42 Å². The Morgan fingerprint density at radius 3 is 2.30 bits per heavy atom. The van der Waals surface area contributed by atoms with Crippen LogP contribution in [0, 0.1) is 11.3 Å². The first-order valence-electron chi connectivity index (χ1n) is 8.79. The molecular weight excluding hydrogens is 332 g/mol. The highest BCUT2D eigenvalue weighted by molar-refractivity contribution is 6.27. The summed E-state index contributed by atoms with van der Waals surface area (Å²) in [5.41, 5.74) is 3.16.